The molecule has 0 spiro atoms. The van der Waals surface area contributed by atoms with Gasteiger partial charge in [0.15, 0.2) is 0 Å². The highest BCUT2D eigenvalue weighted by atomic mass is 14.7. The molecule has 0 unspecified atom stereocenters. The van der Waals surface area contributed by atoms with E-state index in [2.05, 4.69) is 204 Å². The van der Waals surface area contributed by atoms with Crippen LogP contribution in [0.5, 0.6) is 0 Å². The topological polar surface area (TPSA) is 12.9 Å². The summed E-state index contributed by atoms with van der Waals surface area (Å²) in [7, 11) is 0. The van der Waals surface area contributed by atoms with Crippen LogP contribution in [0.15, 0.2) is 176 Å². The van der Waals surface area contributed by atoms with E-state index in [9.17, 15) is 0 Å². The van der Waals surface area contributed by atoms with Crippen LogP contribution in [0.2, 0.25) is 0 Å². The number of fused-ring (bicyclic) bond motifs is 11. The average Bonchev–Trinajstić information content (AvgIpc) is 3.64. The predicted octanol–water partition coefficient (Wildman–Crippen LogP) is 15.3. The van der Waals surface area contributed by atoms with Crippen molar-refractivity contribution < 1.29 is 0 Å². The van der Waals surface area contributed by atoms with Gasteiger partial charge in [-0.25, -0.2) is 4.98 Å². The normalized spacial score (nSPS) is 14.5. The second-order valence-corrected chi connectivity index (χ2v) is 17.5. The van der Waals surface area contributed by atoms with Crippen molar-refractivity contribution in [2.45, 2.75) is 38.5 Å². The number of nitrogens with zero attached hydrogens (tertiary/aromatic N) is 1. The largest absolute Gasteiger partial charge is 0.247 e. The molecule has 12 rings (SSSR count). The van der Waals surface area contributed by atoms with Gasteiger partial charge in [0.05, 0.1) is 11.2 Å². The molecule has 2 aliphatic rings. The van der Waals surface area contributed by atoms with Crippen molar-refractivity contribution in [3.05, 3.63) is 198 Å². The Morgan fingerprint density at radius 2 is 0.793 bits per heavy atom. The lowest BCUT2D eigenvalue weighted by atomic mass is 9.79. The van der Waals surface area contributed by atoms with E-state index in [1.807, 2.05) is 0 Å². The van der Waals surface area contributed by atoms with Gasteiger partial charge in [-0.15, -0.1) is 0 Å². The van der Waals surface area contributed by atoms with Crippen molar-refractivity contribution in [3.8, 4) is 55.8 Å². The summed E-state index contributed by atoms with van der Waals surface area (Å²) >= 11 is 0. The molecule has 274 valence electrons. The van der Waals surface area contributed by atoms with E-state index in [4.69, 9.17) is 4.98 Å². The molecule has 0 amide bonds. The molecule has 1 nitrogen and oxygen atoms in total. The standard InChI is InChI=1S/C57H41N/c1-56(2)48-19-11-9-15-40(48)42-27-24-37(32-50(42)56)53-44-17-7-8-18-45(44)54(38-25-28-43-41-16-10-12-20-49(41)57(3,4)51(43)33-38)47-31-36(23-29-46(47)53)52-30-26-35-22-21-34-13-5-6-14-39(34)55(35)58-52/h5-33H,1-4H3. The Morgan fingerprint density at radius 1 is 0.328 bits per heavy atom. The summed E-state index contributed by atoms with van der Waals surface area (Å²) in [5.74, 6) is 0. The van der Waals surface area contributed by atoms with E-state index in [1.165, 1.54) is 99.1 Å². The molecule has 2 aliphatic carbocycles. The molecular weight excluding hydrogens is 699 g/mol. The van der Waals surface area contributed by atoms with Crippen LogP contribution in [0.25, 0.3) is 99.0 Å². The summed E-state index contributed by atoms with van der Waals surface area (Å²) in [5.41, 5.74) is 18.9. The minimum atomic E-state index is -0.106. The Morgan fingerprint density at radius 3 is 1.43 bits per heavy atom. The van der Waals surface area contributed by atoms with E-state index >= 15 is 0 Å². The Labute approximate surface area is 339 Å². The third-order valence-electron chi connectivity index (χ3n) is 13.6. The van der Waals surface area contributed by atoms with E-state index in [-0.39, 0.29) is 10.8 Å². The van der Waals surface area contributed by atoms with E-state index in [0.29, 0.717) is 0 Å². The SMILES string of the molecule is CC1(C)c2ccccc2-c2ccc(-c3c4ccccc4c(-c4ccc5c(c4)C(C)(C)c4ccccc4-5)c4cc(-c5ccc6ccc7ccccc7c6n5)ccc34)cc21. The molecule has 0 saturated heterocycles. The Balaban J connectivity index is 1.15. The van der Waals surface area contributed by atoms with Crippen LogP contribution in [0.1, 0.15) is 49.9 Å². The number of hydrogen-bond acceptors (Lipinski definition) is 1. The smallest absolute Gasteiger partial charge is 0.0787 e. The summed E-state index contributed by atoms with van der Waals surface area (Å²) in [5, 5.41) is 8.56. The zero-order valence-corrected chi connectivity index (χ0v) is 33.2. The maximum atomic E-state index is 5.39. The molecule has 0 radical (unpaired) electrons. The van der Waals surface area contributed by atoms with Crippen molar-refractivity contribution in [1.82, 2.24) is 4.98 Å². The second-order valence-electron chi connectivity index (χ2n) is 17.5. The highest BCUT2D eigenvalue weighted by Crippen LogP contribution is 2.53. The van der Waals surface area contributed by atoms with Crippen LogP contribution in [0.4, 0.5) is 0 Å². The maximum Gasteiger partial charge on any atom is 0.0787 e. The third-order valence-corrected chi connectivity index (χ3v) is 13.6. The Kier molecular flexibility index (Phi) is 6.81. The molecule has 0 aliphatic heterocycles. The van der Waals surface area contributed by atoms with Gasteiger partial charge in [0, 0.05) is 27.2 Å². The summed E-state index contributed by atoms with van der Waals surface area (Å²) in [6.45, 7) is 9.50. The van der Waals surface area contributed by atoms with Crippen molar-refractivity contribution >= 4 is 43.2 Å². The molecule has 0 atom stereocenters. The monoisotopic (exact) mass is 739 g/mol. The van der Waals surface area contributed by atoms with E-state index in [0.717, 1.165) is 22.2 Å². The predicted molar refractivity (Wildman–Crippen MR) is 246 cm³/mol. The second kappa shape index (κ2) is 11.9. The van der Waals surface area contributed by atoms with Crippen LogP contribution < -0.4 is 0 Å². The van der Waals surface area contributed by atoms with Gasteiger partial charge in [-0.05, 0) is 118 Å². The van der Waals surface area contributed by atoms with Gasteiger partial charge in [-0.3, -0.25) is 0 Å². The lowest BCUT2D eigenvalue weighted by Gasteiger charge is -2.24. The fraction of sp³-hybridized carbons (Fsp3) is 0.105. The zero-order valence-electron chi connectivity index (χ0n) is 33.2. The Hall–Kier alpha value is -6.83. The molecule has 9 aromatic carbocycles. The van der Waals surface area contributed by atoms with E-state index in [1.54, 1.807) is 0 Å². The summed E-state index contributed by atoms with van der Waals surface area (Å²) in [6, 6.07) is 65.8. The van der Waals surface area contributed by atoms with Crippen molar-refractivity contribution in [3.63, 3.8) is 0 Å². The number of aromatic nitrogens is 1. The zero-order chi connectivity index (χ0) is 38.9. The van der Waals surface area contributed by atoms with Gasteiger partial charge in [0.2, 0.25) is 0 Å². The van der Waals surface area contributed by atoms with Crippen LogP contribution >= 0.6 is 0 Å². The minimum absolute atomic E-state index is 0.0959. The quantitative estimate of drug-likeness (QED) is 0.130. The lowest BCUT2D eigenvalue weighted by Crippen LogP contribution is -2.15. The molecule has 0 bridgehead atoms. The molecule has 1 heterocycles. The summed E-state index contributed by atoms with van der Waals surface area (Å²) in [6.07, 6.45) is 0. The first-order valence-corrected chi connectivity index (χ1v) is 20.5. The lowest BCUT2D eigenvalue weighted by molar-refractivity contribution is 0.660. The Bertz CT molecular complexity index is 3400. The van der Waals surface area contributed by atoms with Crippen molar-refractivity contribution in [1.29, 1.82) is 0 Å². The minimum Gasteiger partial charge on any atom is -0.247 e. The molecular formula is C57H41N. The molecule has 10 aromatic rings. The molecule has 0 saturated carbocycles. The van der Waals surface area contributed by atoms with Gasteiger partial charge in [0.1, 0.15) is 0 Å². The molecule has 1 heteroatoms. The van der Waals surface area contributed by atoms with Gasteiger partial charge < -0.3 is 0 Å². The first-order chi connectivity index (χ1) is 28.3. The van der Waals surface area contributed by atoms with Crippen LogP contribution in [-0.4, -0.2) is 4.98 Å². The van der Waals surface area contributed by atoms with Crippen molar-refractivity contribution in [2.24, 2.45) is 0 Å². The number of hydrogen-bond donors (Lipinski definition) is 0. The fourth-order valence-corrected chi connectivity index (χ4v) is 10.7. The molecule has 1 aromatic heterocycles. The first kappa shape index (κ1) is 33.3. The highest BCUT2D eigenvalue weighted by Gasteiger charge is 2.37. The summed E-state index contributed by atoms with van der Waals surface area (Å²) in [4.78, 5) is 5.39. The highest BCUT2D eigenvalue weighted by molar-refractivity contribution is 6.22. The van der Waals surface area contributed by atoms with Crippen LogP contribution in [-0.2, 0) is 10.8 Å². The number of rotatable bonds is 3. The summed E-state index contributed by atoms with van der Waals surface area (Å²) < 4.78 is 0. The van der Waals surface area contributed by atoms with Gasteiger partial charge in [-0.2, -0.15) is 0 Å². The van der Waals surface area contributed by atoms with Gasteiger partial charge in [-0.1, -0.05) is 179 Å². The third kappa shape index (κ3) is 4.56. The number of benzene rings is 9. The van der Waals surface area contributed by atoms with Crippen LogP contribution in [0.3, 0.4) is 0 Å². The number of pyridine rings is 1. The van der Waals surface area contributed by atoms with E-state index < -0.39 is 0 Å². The van der Waals surface area contributed by atoms with Gasteiger partial charge >= 0.3 is 0 Å². The molecule has 58 heavy (non-hydrogen) atoms. The maximum absolute atomic E-state index is 5.39. The molecule has 0 N–H and O–H groups in total. The van der Waals surface area contributed by atoms with Crippen molar-refractivity contribution in [2.75, 3.05) is 0 Å². The molecule has 0 fully saturated rings. The van der Waals surface area contributed by atoms with Crippen LogP contribution in [0, 0.1) is 0 Å². The van der Waals surface area contributed by atoms with Gasteiger partial charge in [0.25, 0.3) is 0 Å². The average molecular weight is 740 g/mol. The first-order valence-electron chi connectivity index (χ1n) is 20.5. The fourth-order valence-electron chi connectivity index (χ4n) is 10.7.